The van der Waals surface area contributed by atoms with Crippen LogP contribution in [0.1, 0.15) is 37.9 Å². The number of aliphatic hydroxyl groups is 1. The Bertz CT molecular complexity index is 661. The molecule has 136 valence electrons. The molecule has 0 aliphatic carbocycles. The number of aliphatic hydroxyl groups excluding tert-OH is 1. The first kappa shape index (κ1) is 19.6. The minimum absolute atomic E-state index is 0.00843. The van der Waals surface area contributed by atoms with Crippen molar-refractivity contribution < 1.29 is 14.6 Å². The summed E-state index contributed by atoms with van der Waals surface area (Å²) in [6.07, 6.45) is 0.0381. The van der Waals surface area contributed by atoms with Crippen LogP contribution in [0.5, 0.6) is 11.5 Å². The minimum Gasteiger partial charge on any atom is -0.490 e. The summed E-state index contributed by atoms with van der Waals surface area (Å²) in [6.45, 7) is 6.93. The van der Waals surface area contributed by atoms with E-state index in [1.807, 2.05) is 57.2 Å². The van der Waals surface area contributed by atoms with Gasteiger partial charge in [0.1, 0.15) is 0 Å². The number of nitrogens with one attached hydrogen (secondary N) is 1. The van der Waals surface area contributed by atoms with Crippen molar-refractivity contribution in [3.63, 3.8) is 0 Å². The molecule has 2 aromatic rings. The van der Waals surface area contributed by atoms with Gasteiger partial charge in [0, 0.05) is 17.6 Å². The van der Waals surface area contributed by atoms with Gasteiger partial charge in [-0.25, -0.2) is 0 Å². The van der Waals surface area contributed by atoms with Crippen molar-refractivity contribution in [2.24, 2.45) is 0 Å². The Balaban J connectivity index is 2.16. The summed E-state index contributed by atoms with van der Waals surface area (Å²) >= 11 is 6.42. The lowest BCUT2D eigenvalue weighted by atomic mass is 10.1. The number of hydrogen-bond acceptors (Lipinski definition) is 4. The molecule has 2 N–H and O–H groups in total. The predicted molar refractivity (Wildman–Crippen MR) is 101 cm³/mol. The molecule has 5 heteroatoms. The van der Waals surface area contributed by atoms with Gasteiger partial charge in [-0.3, -0.25) is 0 Å². The molecule has 0 radical (unpaired) electrons. The van der Waals surface area contributed by atoms with E-state index in [9.17, 15) is 5.11 Å². The van der Waals surface area contributed by atoms with Gasteiger partial charge in [0.05, 0.1) is 25.4 Å². The SMILES string of the molecule is CCOc1cc(CN[C@@H](CO)c2ccccc2)c(Cl)cc1OC(C)C. The molecule has 2 rings (SSSR count). The Hall–Kier alpha value is -1.75. The molecule has 0 amide bonds. The van der Waals surface area contributed by atoms with E-state index in [4.69, 9.17) is 21.1 Å². The molecular formula is C20H26ClNO3. The van der Waals surface area contributed by atoms with Crippen LogP contribution < -0.4 is 14.8 Å². The average Bonchev–Trinajstić information content (AvgIpc) is 2.59. The largest absolute Gasteiger partial charge is 0.490 e. The third-order valence-electron chi connectivity index (χ3n) is 3.70. The van der Waals surface area contributed by atoms with Crippen molar-refractivity contribution in [3.8, 4) is 11.5 Å². The monoisotopic (exact) mass is 363 g/mol. The van der Waals surface area contributed by atoms with E-state index in [0.29, 0.717) is 29.7 Å². The summed E-state index contributed by atoms with van der Waals surface area (Å²) in [5.41, 5.74) is 1.93. The van der Waals surface area contributed by atoms with Crippen LogP contribution in [0.2, 0.25) is 5.02 Å². The van der Waals surface area contributed by atoms with Crippen LogP contribution >= 0.6 is 11.6 Å². The van der Waals surface area contributed by atoms with Crippen LogP contribution in [-0.4, -0.2) is 24.4 Å². The zero-order chi connectivity index (χ0) is 18.2. The number of halogens is 1. The topological polar surface area (TPSA) is 50.7 Å². The highest BCUT2D eigenvalue weighted by atomic mass is 35.5. The second-order valence-electron chi connectivity index (χ2n) is 6.02. The molecule has 2 aromatic carbocycles. The first-order valence-corrected chi connectivity index (χ1v) is 8.94. The van der Waals surface area contributed by atoms with Gasteiger partial charge < -0.3 is 19.9 Å². The van der Waals surface area contributed by atoms with Gasteiger partial charge in [-0.2, -0.15) is 0 Å². The van der Waals surface area contributed by atoms with Crippen molar-refractivity contribution in [1.82, 2.24) is 5.32 Å². The van der Waals surface area contributed by atoms with E-state index < -0.39 is 0 Å². The number of rotatable bonds is 9. The molecule has 0 saturated heterocycles. The molecule has 0 unspecified atom stereocenters. The van der Waals surface area contributed by atoms with E-state index in [-0.39, 0.29) is 18.8 Å². The molecule has 0 saturated carbocycles. The van der Waals surface area contributed by atoms with Gasteiger partial charge in [-0.15, -0.1) is 0 Å². The molecule has 25 heavy (non-hydrogen) atoms. The van der Waals surface area contributed by atoms with Crippen molar-refractivity contribution in [2.45, 2.75) is 39.5 Å². The lowest BCUT2D eigenvalue weighted by Crippen LogP contribution is -2.24. The lowest BCUT2D eigenvalue weighted by molar-refractivity contribution is 0.223. The highest BCUT2D eigenvalue weighted by Crippen LogP contribution is 2.34. The Morgan fingerprint density at radius 1 is 1.12 bits per heavy atom. The zero-order valence-electron chi connectivity index (χ0n) is 15.0. The first-order valence-electron chi connectivity index (χ1n) is 8.56. The summed E-state index contributed by atoms with van der Waals surface area (Å²) in [5.74, 6) is 1.32. The van der Waals surface area contributed by atoms with Gasteiger partial charge in [0.25, 0.3) is 0 Å². The van der Waals surface area contributed by atoms with Gasteiger partial charge in [-0.1, -0.05) is 41.9 Å². The standard InChI is InChI=1S/C20H26ClNO3/c1-4-24-19-10-16(17(21)11-20(19)25-14(2)3)12-22-18(13-23)15-8-6-5-7-9-15/h5-11,14,18,22-23H,4,12-13H2,1-3H3/t18-/m0/s1. The Kier molecular flexibility index (Phi) is 7.56. The van der Waals surface area contributed by atoms with Crippen LogP contribution in [0.15, 0.2) is 42.5 Å². The number of benzene rings is 2. The highest BCUT2D eigenvalue weighted by molar-refractivity contribution is 6.31. The second-order valence-corrected chi connectivity index (χ2v) is 6.42. The smallest absolute Gasteiger partial charge is 0.163 e. The maximum absolute atomic E-state index is 9.67. The maximum atomic E-state index is 9.67. The van der Waals surface area contributed by atoms with E-state index in [1.54, 1.807) is 6.07 Å². The van der Waals surface area contributed by atoms with Crippen molar-refractivity contribution in [2.75, 3.05) is 13.2 Å². The molecule has 0 aromatic heterocycles. The number of ether oxygens (including phenoxy) is 2. The van der Waals surface area contributed by atoms with Crippen molar-refractivity contribution in [3.05, 3.63) is 58.6 Å². The van der Waals surface area contributed by atoms with Gasteiger partial charge in [0.15, 0.2) is 11.5 Å². The quantitative estimate of drug-likeness (QED) is 0.695. The van der Waals surface area contributed by atoms with Crippen LogP contribution in [0.3, 0.4) is 0 Å². The van der Waals surface area contributed by atoms with E-state index in [0.717, 1.165) is 11.1 Å². The van der Waals surface area contributed by atoms with Crippen molar-refractivity contribution >= 4 is 11.6 Å². The Morgan fingerprint density at radius 3 is 2.44 bits per heavy atom. The second kappa shape index (κ2) is 9.66. The lowest BCUT2D eigenvalue weighted by Gasteiger charge is -2.19. The van der Waals surface area contributed by atoms with Crippen molar-refractivity contribution in [1.29, 1.82) is 0 Å². The summed E-state index contributed by atoms with van der Waals surface area (Å²) < 4.78 is 11.5. The summed E-state index contributed by atoms with van der Waals surface area (Å²) in [5, 5.41) is 13.6. The maximum Gasteiger partial charge on any atom is 0.163 e. The molecule has 0 fully saturated rings. The third kappa shape index (κ3) is 5.63. The first-order chi connectivity index (χ1) is 12.0. The molecule has 0 bridgehead atoms. The van der Waals surface area contributed by atoms with E-state index in [1.165, 1.54) is 0 Å². The van der Waals surface area contributed by atoms with Gasteiger partial charge in [-0.05, 0) is 38.0 Å². The van der Waals surface area contributed by atoms with Crippen LogP contribution in [0.25, 0.3) is 0 Å². The molecule has 0 aliphatic heterocycles. The summed E-state index contributed by atoms with van der Waals surface area (Å²) in [7, 11) is 0. The Morgan fingerprint density at radius 2 is 1.84 bits per heavy atom. The van der Waals surface area contributed by atoms with E-state index in [2.05, 4.69) is 5.32 Å². The average molecular weight is 364 g/mol. The highest BCUT2D eigenvalue weighted by Gasteiger charge is 2.15. The van der Waals surface area contributed by atoms with Crippen LogP contribution in [-0.2, 0) is 6.54 Å². The molecule has 4 nitrogen and oxygen atoms in total. The van der Waals surface area contributed by atoms with Gasteiger partial charge >= 0.3 is 0 Å². The van der Waals surface area contributed by atoms with Crippen LogP contribution in [0.4, 0.5) is 0 Å². The zero-order valence-corrected chi connectivity index (χ0v) is 15.7. The van der Waals surface area contributed by atoms with E-state index >= 15 is 0 Å². The Labute approximate surface area is 154 Å². The fourth-order valence-corrected chi connectivity index (χ4v) is 2.75. The van der Waals surface area contributed by atoms with Crippen LogP contribution in [0, 0.1) is 0 Å². The molecule has 0 heterocycles. The fourth-order valence-electron chi connectivity index (χ4n) is 2.53. The van der Waals surface area contributed by atoms with Gasteiger partial charge in [0.2, 0.25) is 0 Å². The minimum atomic E-state index is -0.153. The fraction of sp³-hybridized carbons (Fsp3) is 0.400. The molecule has 1 atom stereocenters. The summed E-state index contributed by atoms with van der Waals surface area (Å²) in [6, 6.07) is 13.4. The molecule has 0 aliphatic rings. The normalized spacial score (nSPS) is 12.2. The molecular weight excluding hydrogens is 338 g/mol. The predicted octanol–water partition coefficient (Wildman–Crippen LogP) is 4.35. The third-order valence-corrected chi connectivity index (χ3v) is 4.05. The summed E-state index contributed by atoms with van der Waals surface area (Å²) in [4.78, 5) is 0. The number of hydrogen-bond donors (Lipinski definition) is 2. The molecule has 0 spiro atoms.